The summed E-state index contributed by atoms with van der Waals surface area (Å²) in [7, 11) is -4.00. The fourth-order valence-corrected chi connectivity index (χ4v) is 6.00. The van der Waals surface area contributed by atoms with Crippen LogP contribution in [-0.2, 0) is 27.9 Å². The van der Waals surface area contributed by atoms with Crippen LogP contribution in [0.5, 0.6) is 0 Å². The van der Waals surface area contributed by atoms with E-state index in [-0.39, 0.29) is 11.4 Å². The summed E-state index contributed by atoms with van der Waals surface area (Å²) in [6.07, 6.45) is 2.52. The Morgan fingerprint density at radius 3 is 2.25 bits per heavy atom. The van der Waals surface area contributed by atoms with Gasteiger partial charge in [-0.1, -0.05) is 59.6 Å². The van der Waals surface area contributed by atoms with Crippen molar-refractivity contribution >= 4 is 33.2 Å². The maximum atomic E-state index is 13.6. The molecule has 1 aliphatic rings. The number of hydrogen-bond donors (Lipinski definition) is 1. The van der Waals surface area contributed by atoms with Gasteiger partial charge in [0.05, 0.1) is 10.6 Å². The minimum absolute atomic E-state index is 0.119. The van der Waals surface area contributed by atoms with Crippen LogP contribution in [0.1, 0.15) is 35.1 Å². The highest BCUT2D eigenvalue weighted by Crippen LogP contribution is 2.31. The number of sulfonamides is 1. The second kappa shape index (κ2) is 11.5. The zero-order chi connectivity index (χ0) is 25.7. The molecule has 0 aromatic heterocycles. The number of halogens is 1. The molecule has 1 amide bonds. The Kier molecular flexibility index (Phi) is 8.34. The number of amides is 1. The smallest absolute Gasteiger partial charge is 0.264 e. The van der Waals surface area contributed by atoms with Gasteiger partial charge in [-0.2, -0.15) is 0 Å². The molecule has 36 heavy (non-hydrogen) atoms. The zero-order valence-corrected chi connectivity index (χ0v) is 22.3. The quantitative estimate of drug-likeness (QED) is 0.424. The molecule has 3 aromatic rings. The number of anilines is 1. The van der Waals surface area contributed by atoms with Gasteiger partial charge in [0.15, 0.2) is 0 Å². The molecule has 1 saturated heterocycles. The second-order valence-electron chi connectivity index (χ2n) is 9.29. The van der Waals surface area contributed by atoms with Gasteiger partial charge in [0.1, 0.15) is 6.54 Å². The van der Waals surface area contributed by atoms with E-state index in [1.54, 1.807) is 49.4 Å². The number of benzene rings is 3. The van der Waals surface area contributed by atoms with Crippen LogP contribution in [0.4, 0.5) is 5.69 Å². The molecule has 4 rings (SSSR count). The van der Waals surface area contributed by atoms with Crippen molar-refractivity contribution in [3.63, 3.8) is 0 Å². The molecule has 8 heteroatoms. The van der Waals surface area contributed by atoms with Gasteiger partial charge < -0.3 is 5.32 Å². The monoisotopic (exact) mass is 525 g/mol. The normalized spacial score (nSPS) is 14.1. The summed E-state index contributed by atoms with van der Waals surface area (Å²) in [5.74, 6) is -0.397. The van der Waals surface area contributed by atoms with Gasteiger partial charge in [0.25, 0.3) is 10.0 Å². The minimum atomic E-state index is -4.00. The van der Waals surface area contributed by atoms with Crippen molar-refractivity contribution in [2.24, 2.45) is 0 Å². The number of hydrogen-bond acceptors (Lipinski definition) is 4. The first-order valence-electron chi connectivity index (χ1n) is 12.2. The molecule has 1 aliphatic heterocycles. The minimum Gasteiger partial charge on any atom is -0.350 e. The third kappa shape index (κ3) is 6.27. The van der Waals surface area contributed by atoms with Crippen LogP contribution in [0, 0.1) is 13.8 Å². The number of likely N-dealkylation sites (tertiary alicyclic amines) is 1. The summed E-state index contributed by atoms with van der Waals surface area (Å²) in [4.78, 5) is 15.5. The number of carbonyl (C=O) groups is 1. The van der Waals surface area contributed by atoms with Gasteiger partial charge in [0.2, 0.25) is 5.91 Å². The number of nitrogens with one attached hydrogen (secondary N) is 1. The summed E-state index contributed by atoms with van der Waals surface area (Å²) in [6.45, 7) is 6.83. The van der Waals surface area contributed by atoms with Gasteiger partial charge in [-0.05, 0) is 80.7 Å². The summed E-state index contributed by atoms with van der Waals surface area (Å²) in [5, 5.41) is 3.31. The van der Waals surface area contributed by atoms with E-state index in [1.165, 1.54) is 18.4 Å². The lowest BCUT2D eigenvalue weighted by molar-refractivity contribution is -0.119. The van der Waals surface area contributed by atoms with E-state index in [1.807, 2.05) is 19.1 Å². The fraction of sp³-hybridized carbons (Fsp3) is 0.321. The summed E-state index contributed by atoms with van der Waals surface area (Å²) in [5.41, 5.74) is 4.13. The topological polar surface area (TPSA) is 69.7 Å². The van der Waals surface area contributed by atoms with E-state index in [0.717, 1.165) is 35.1 Å². The maximum Gasteiger partial charge on any atom is 0.264 e. The summed E-state index contributed by atoms with van der Waals surface area (Å²) in [6, 6.07) is 19.8. The highest BCUT2D eigenvalue weighted by Gasteiger charge is 2.28. The highest BCUT2D eigenvalue weighted by atomic mass is 35.5. The van der Waals surface area contributed by atoms with E-state index in [4.69, 9.17) is 11.6 Å². The summed E-state index contributed by atoms with van der Waals surface area (Å²) >= 11 is 6.29. The molecule has 1 heterocycles. The third-order valence-corrected chi connectivity index (χ3v) is 8.70. The molecule has 0 spiro atoms. The molecular formula is C28H32ClN3O3S. The van der Waals surface area contributed by atoms with E-state index in [2.05, 4.69) is 22.3 Å². The number of rotatable bonds is 9. The molecule has 0 saturated carbocycles. The van der Waals surface area contributed by atoms with E-state index in [0.29, 0.717) is 22.8 Å². The van der Waals surface area contributed by atoms with Crippen molar-refractivity contribution in [2.45, 2.75) is 44.7 Å². The second-order valence-corrected chi connectivity index (χ2v) is 11.6. The Morgan fingerprint density at radius 1 is 0.944 bits per heavy atom. The Hall–Kier alpha value is -2.87. The fourth-order valence-electron chi connectivity index (χ4n) is 4.35. The molecular weight excluding hydrogens is 494 g/mol. The van der Waals surface area contributed by atoms with Crippen LogP contribution in [0.2, 0.25) is 5.02 Å². The van der Waals surface area contributed by atoms with Gasteiger partial charge in [-0.3, -0.25) is 14.0 Å². The zero-order valence-electron chi connectivity index (χ0n) is 20.7. The van der Waals surface area contributed by atoms with Crippen molar-refractivity contribution in [3.8, 4) is 0 Å². The lowest BCUT2D eigenvalue weighted by atomic mass is 10.1. The Labute approximate surface area is 218 Å². The van der Waals surface area contributed by atoms with Crippen LogP contribution in [-0.4, -0.2) is 38.9 Å². The molecule has 3 aromatic carbocycles. The molecule has 0 bridgehead atoms. The lowest BCUT2D eigenvalue weighted by Crippen LogP contribution is -2.41. The van der Waals surface area contributed by atoms with Gasteiger partial charge in [0, 0.05) is 18.1 Å². The lowest BCUT2D eigenvalue weighted by Gasteiger charge is -2.26. The average molecular weight is 526 g/mol. The number of carbonyl (C=O) groups excluding carboxylic acids is 1. The predicted molar refractivity (Wildman–Crippen MR) is 145 cm³/mol. The number of nitrogens with zero attached hydrogens (tertiary/aromatic N) is 2. The van der Waals surface area contributed by atoms with Crippen molar-refractivity contribution in [2.75, 3.05) is 23.9 Å². The Morgan fingerprint density at radius 2 is 1.58 bits per heavy atom. The van der Waals surface area contributed by atoms with Crippen LogP contribution in [0.25, 0.3) is 0 Å². The maximum absolute atomic E-state index is 13.6. The Balaban J connectivity index is 1.48. The molecule has 190 valence electrons. The van der Waals surface area contributed by atoms with Crippen LogP contribution >= 0.6 is 11.6 Å². The SMILES string of the molecule is Cc1ccc(S(=O)(=O)N(CC(=O)NCc2ccc(CN3CCCC3)cc2)c2cccc(Cl)c2C)cc1. The first-order chi connectivity index (χ1) is 17.2. The van der Waals surface area contributed by atoms with Crippen molar-refractivity contribution < 1.29 is 13.2 Å². The first kappa shape index (κ1) is 26.2. The van der Waals surface area contributed by atoms with E-state index < -0.39 is 15.9 Å². The predicted octanol–water partition coefficient (Wildman–Crippen LogP) is 5.06. The highest BCUT2D eigenvalue weighted by molar-refractivity contribution is 7.92. The largest absolute Gasteiger partial charge is 0.350 e. The van der Waals surface area contributed by atoms with Crippen molar-refractivity contribution in [1.29, 1.82) is 0 Å². The van der Waals surface area contributed by atoms with Crippen LogP contribution in [0.3, 0.4) is 0 Å². The van der Waals surface area contributed by atoms with Gasteiger partial charge in [-0.25, -0.2) is 8.42 Å². The molecule has 0 aliphatic carbocycles. The molecule has 6 nitrogen and oxygen atoms in total. The molecule has 1 fully saturated rings. The molecule has 0 radical (unpaired) electrons. The molecule has 1 N–H and O–H groups in total. The first-order valence-corrected chi connectivity index (χ1v) is 14.0. The van der Waals surface area contributed by atoms with Crippen LogP contribution < -0.4 is 9.62 Å². The van der Waals surface area contributed by atoms with E-state index >= 15 is 0 Å². The van der Waals surface area contributed by atoms with Crippen molar-refractivity contribution in [1.82, 2.24) is 10.2 Å². The molecule has 0 unspecified atom stereocenters. The van der Waals surface area contributed by atoms with Crippen molar-refractivity contribution in [3.05, 3.63) is 94.0 Å². The van der Waals surface area contributed by atoms with Gasteiger partial charge >= 0.3 is 0 Å². The standard InChI is InChI=1S/C28H32ClN3O3S/c1-21-8-14-25(15-9-21)36(34,35)32(27-7-5-6-26(29)22(27)2)20-28(33)30-18-23-10-12-24(13-11-23)19-31-16-3-4-17-31/h5-15H,3-4,16-20H2,1-2H3,(H,30,33). The number of aryl methyl sites for hydroxylation is 1. The van der Waals surface area contributed by atoms with Crippen LogP contribution in [0.15, 0.2) is 71.6 Å². The van der Waals surface area contributed by atoms with Gasteiger partial charge in [-0.15, -0.1) is 0 Å². The third-order valence-electron chi connectivity index (χ3n) is 6.52. The molecule has 0 atom stereocenters. The average Bonchev–Trinajstić information content (AvgIpc) is 3.37. The van der Waals surface area contributed by atoms with E-state index in [9.17, 15) is 13.2 Å². The summed E-state index contributed by atoms with van der Waals surface area (Å²) < 4.78 is 28.3. The Bertz CT molecular complexity index is 1300.